The van der Waals surface area contributed by atoms with Gasteiger partial charge in [-0.25, -0.2) is 0 Å². The zero-order valence-electron chi connectivity index (χ0n) is 16.4. The summed E-state index contributed by atoms with van der Waals surface area (Å²) in [4.78, 5) is 11.3. The summed E-state index contributed by atoms with van der Waals surface area (Å²) in [5, 5.41) is 12.1. The van der Waals surface area contributed by atoms with Crippen molar-refractivity contribution in [3.05, 3.63) is 64.7 Å². The first-order valence-corrected chi connectivity index (χ1v) is 9.55. The summed E-state index contributed by atoms with van der Waals surface area (Å²) in [6.45, 7) is 4.23. The first kappa shape index (κ1) is 24.0. The molecule has 0 heterocycles. The third-order valence-corrected chi connectivity index (χ3v) is 4.68. The van der Waals surface area contributed by atoms with Crippen LogP contribution in [0.5, 0.6) is 5.75 Å². The van der Waals surface area contributed by atoms with E-state index >= 15 is 0 Å². The minimum Gasteiger partial charge on any atom is -0.546 e. The zero-order chi connectivity index (χ0) is 18.9. The maximum atomic E-state index is 11.3. The van der Waals surface area contributed by atoms with E-state index in [-0.39, 0.29) is 29.6 Å². The molecule has 0 aromatic heterocycles. The number of unbranched alkanes of at least 4 members (excludes halogenated alkanes) is 2. The molecule has 2 aromatic carbocycles. The Morgan fingerprint density at radius 2 is 1.63 bits per heavy atom. The molecule has 0 spiro atoms. The summed E-state index contributed by atoms with van der Waals surface area (Å²) in [7, 11) is 0. The number of hydrogen-bond donors (Lipinski definition) is 0. The van der Waals surface area contributed by atoms with Gasteiger partial charge < -0.3 is 14.6 Å². The Labute approximate surface area is 189 Å². The maximum absolute atomic E-state index is 11.3. The third-order valence-electron chi connectivity index (χ3n) is 4.43. The summed E-state index contributed by atoms with van der Waals surface area (Å²) < 4.78 is 5.61. The summed E-state index contributed by atoms with van der Waals surface area (Å²) in [6, 6.07) is 15.4. The summed E-state index contributed by atoms with van der Waals surface area (Å²) in [5.41, 5.74) is 2.44. The van der Waals surface area contributed by atoms with Gasteiger partial charge in [0.05, 0.1) is 5.97 Å². The Hall–Kier alpha value is -1.000. The van der Waals surface area contributed by atoms with E-state index in [1.54, 1.807) is 0 Å². The number of aliphatic carboxylic acids is 1. The van der Waals surface area contributed by atoms with Crippen LogP contribution in [0.2, 0.25) is 5.02 Å². The van der Waals surface area contributed by atoms with Crippen LogP contribution in [0.3, 0.4) is 0 Å². The smallest absolute Gasteiger partial charge is 0.546 e. The van der Waals surface area contributed by atoms with Crippen molar-refractivity contribution >= 4 is 17.6 Å². The molecule has 0 N–H and O–H groups in total. The molecule has 1 unspecified atom stereocenters. The van der Waals surface area contributed by atoms with Crippen LogP contribution in [-0.4, -0.2) is 12.1 Å². The largest absolute Gasteiger partial charge is 1.00 e. The van der Waals surface area contributed by atoms with Gasteiger partial charge in [-0.15, -0.1) is 0 Å². The summed E-state index contributed by atoms with van der Waals surface area (Å²) in [6.07, 6.45) is 3.25. The number of carbonyl (C=O) groups is 1. The fourth-order valence-corrected chi connectivity index (χ4v) is 2.93. The van der Waals surface area contributed by atoms with Crippen LogP contribution in [0, 0.1) is 0 Å². The molecule has 5 heteroatoms. The molecule has 3 nitrogen and oxygen atoms in total. The van der Waals surface area contributed by atoms with Gasteiger partial charge >= 0.3 is 29.6 Å². The molecule has 0 aliphatic rings. The van der Waals surface area contributed by atoms with Gasteiger partial charge in [-0.2, -0.15) is 0 Å². The minimum absolute atomic E-state index is 0. The number of hydrogen-bond acceptors (Lipinski definition) is 3. The van der Waals surface area contributed by atoms with Crippen LogP contribution < -0.4 is 39.4 Å². The predicted molar refractivity (Wildman–Crippen MR) is 104 cm³/mol. The van der Waals surface area contributed by atoms with Gasteiger partial charge in [-0.05, 0) is 67.0 Å². The van der Waals surface area contributed by atoms with E-state index < -0.39 is 12.1 Å². The number of carboxylic acid groups (broad SMARTS) is 1. The number of ether oxygens (including phenoxy) is 1. The Morgan fingerprint density at radius 3 is 2.19 bits per heavy atom. The molecule has 0 saturated heterocycles. The molecule has 0 bridgehead atoms. The van der Waals surface area contributed by atoms with E-state index in [1.165, 1.54) is 11.1 Å². The fourth-order valence-electron chi connectivity index (χ4n) is 2.81. The topological polar surface area (TPSA) is 49.4 Å². The molecule has 27 heavy (non-hydrogen) atoms. The first-order chi connectivity index (χ1) is 12.5. The second kappa shape index (κ2) is 12.5. The van der Waals surface area contributed by atoms with Crippen LogP contribution in [0.1, 0.15) is 56.6 Å². The molecule has 0 saturated carbocycles. The molecular formula is C22H26ClNaO3. The average Bonchev–Trinajstić information content (AvgIpc) is 2.62. The summed E-state index contributed by atoms with van der Waals surface area (Å²) in [5.74, 6) is -0.151. The van der Waals surface area contributed by atoms with Crippen molar-refractivity contribution < 1.29 is 44.2 Å². The number of carbonyl (C=O) groups excluding carboxylic acids is 1. The number of halogens is 1. The normalized spacial score (nSPS) is 11.7. The van der Waals surface area contributed by atoms with E-state index in [9.17, 15) is 9.90 Å². The Morgan fingerprint density at radius 1 is 1.00 bits per heavy atom. The second-order valence-electron chi connectivity index (χ2n) is 6.88. The number of benzene rings is 2. The van der Waals surface area contributed by atoms with Gasteiger partial charge in [0.15, 0.2) is 0 Å². The Balaban J connectivity index is 0.00000364. The molecule has 1 atom stereocenters. The van der Waals surface area contributed by atoms with Gasteiger partial charge in [-0.1, -0.05) is 56.1 Å². The van der Waals surface area contributed by atoms with Crippen molar-refractivity contribution in [2.45, 2.75) is 58.0 Å². The molecule has 0 fully saturated rings. The molecule has 0 radical (unpaired) electrons. The predicted octanol–water partition coefficient (Wildman–Crippen LogP) is 1.77. The molecule has 0 aliphatic heterocycles. The van der Waals surface area contributed by atoms with Gasteiger partial charge in [0.2, 0.25) is 0 Å². The Bertz CT molecular complexity index is 684. The van der Waals surface area contributed by atoms with Crippen LogP contribution >= 0.6 is 11.6 Å². The number of carboxylic acids is 1. The zero-order valence-corrected chi connectivity index (χ0v) is 19.2. The van der Waals surface area contributed by atoms with E-state index in [2.05, 4.69) is 13.8 Å². The van der Waals surface area contributed by atoms with E-state index in [0.717, 1.165) is 30.7 Å². The molecule has 2 aromatic rings. The molecule has 140 valence electrons. The van der Waals surface area contributed by atoms with Crippen molar-refractivity contribution in [2.24, 2.45) is 0 Å². The van der Waals surface area contributed by atoms with E-state index in [0.29, 0.717) is 18.1 Å². The fraction of sp³-hybridized carbons (Fsp3) is 0.409. The van der Waals surface area contributed by atoms with Crippen molar-refractivity contribution in [3.8, 4) is 5.75 Å². The van der Waals surface area contributed by atoms with Crippen molar-refractivity contribution in [2.75, 3.05) is 0 Å². The number of aryl methyl sites for hydroxylation is 1. The average molecular weight is 397 g/mol. The molecule has 0 aliphatic carbocycles. The molecule has 2 rings (SSSR count). The van der Waals surface area contributed by atoms with Gasteiger partial charge in [0.1, 0.15) is 11.9 Å². The molecule has 0 amide bonds. The van der Waals surface area contributed by atoms with E-state index in [1.807, 2.05) is 48.5 Å². The number of rotatable bonds is 10. The quantitative estimate of drug-likeness (QED) is 0.454. The first-order valence-electron chi connectivity index (χ1n) is 9.17. The van der Waals surface area contributed by atoms with Gasteiger partial charge in [0, 0.05) is 5.02 Å². The third kappa shape index (κ3) is 8.69. The van der Waals surface area contributed by atoms with Crippen LogP contribution in [0.15, 0.2) is 48.5 Å². The Kier molecular flexibility index (Phi) is 11.1. The van der Waals surface area contributed by atoms with Crippen molar-refractivity contribution in [3.63, 3.8) is 0 Å². The minimum atomic E-state index is -1.16. The van der Waals surface area contributed by atoms with Crippen molar-refractivity contribution in [1.29, 1.82) is 0 Å². The van der Waals surface area contributed by atoms with E-state index in [4.69, 9.17) is 16.3 Å². The molecular weight excluding hydrogens is 371 g/mol. The second-order valence-corrected chi connectivity index (χ2v) is 7.31. The van der Waals surface area contributed by atoms with Crippen molar-refractivity contribution in [1.82, 2.24) is 0 Å². The SMILES string of the molecule is CC(C)c1ccc(OC(CCCCCc2ccc(Cl)cc2)C(=O)[O-])cc1.[Na+]. The maximum Gasteiger partial charge on any atom is 1.00 e. The van der Waals surface area contributed by atoms with Gasteiger partial charge in [-0.3, -0.25) is 0 Å². The van der Waals surface area contributed by atoms with Crippen LogP contribution in [0.4, 0.5) is 0 Å². The summed E-state index contributed by atoms with van der Waals surface area (Å²) >= 11 is 5.87. The standard InChI is InChI=1S/C22H27ClO3.Na/c1-16(2)18-10-14-20(15-11-18)26-21(22(24)25)7-5-3-4-6-17-8-12-19(23)13-9-17;/h8-16,21H,3-7H2,1-2H3,(H,24,25);/q;+1/p-1. The van der Waals surface area contributed by atoms with Crippen LogP contribution in [0.25, 0.3) is 0 Å². The van der Waals surface area contributed by atoms with Crippen LogP contribution in [-0.2, 0) is 11.2 Å². The van der Waals surface area contributed by atoms with Gasteiger partial charge in [0.25, 0.3) is 0 Å². The monoisotopic (exact) mass is 396 g/mol.